The Morgan fingerprint density at radius 2 is 2.36 bits per heavy atom. The molecule has 14 heavy (non-hydrogen) atoms. The van der Waals surface area contributed by atoms with Crippen molar-refractivity contribution in [2.75, 3.05) is 26.2 Å². The van der Waals surface area contributed by atoms with Gasteiger partial charge >= 0.3 is 0 Å². The molecule has 0 amide bonds. The molecular weight excluding hydrogens is 176 g/mol. The summed E-state index contributed by atoms with van der Waals surface area (Å²) >= 11 is 0. The third-order valence-electron chi connectivity index (χ3n) is 3.35. The van der Waals surface area contributed by atoms with E-state index in [1.165, 1.54) is 19.4 Å². The quantitative estimate of drug-likeness (QED) is 0.691. The minimum atomic E-state index is 0.331. The van der Waals surface area contributed by atoms with Crippen molar-refractivity contribution < 1.29 is 5.11 Å². The molecule has 0 bridgehead atoms. The number of aliphatic hydroxyl groups is 1. The lowest BCUT2D eigenvalue weighted by molar-refractivity contribution is 0.108. The Bertz CT molecular complexity index is 146. The third kappa shape index (κ3) is 3.23. The molecule has 3 N–H and O–H groups in total. The maximum atomic E-state index is 8.91. The molecule has 0 aliphatic carbocycles. The van der Waals surface area contributed by atoms with E-state index in [1.54, 1.807) is 0 Å². The Kier molecular flexibility index (Phi) is 5.45. The fraction of sp³-hybridized carbons (Fsp3) is 1.00. The molecule has 0 aromatic heterocycles. The molecule has 0 aromatic carbocycles. The summed E-state index contributed by atoms with van der Waals surface area (Å²) in [5.74, 6) is 0.689. The van der Waals surface area contributed by atoms with Crippen LogP contribution in [0.1, 0.15) is 32.6 Å². The molecule has 0 saturated carbocycles. The minimum Gasteiger partial charge on any atom is -0.396 e. The summed E-state index contributed by atoms with van der Waals surface area (Å²) in [6.07, 6.45) is 4.64. The first-order valence-electron chi connectivity index (χ1n) is 5.86. The van der Waals surface area contributed by atoms with Gasteiger partial charge in [-0.1, -0.05) is 6.92 Å². The fourth-order valence-electron chi connectivity index (χ4n) is 2.42. The molecule has 0 radical (unpaired) electrons. The van der Waals surface area contributed by atoms with Crippen LogP contribution in [-0.4, -0.2) is 42.3 Å². The number of nitrogens with zero attached hydrogens (tertiary/aromatic N) is 1. The third-order valence-corrected chi connectivity index (χ3v) is 3.35. The highest BCUT2D eigenvalue weighted by Crippen LogP contribution is 2.21. The minimum absolute atomic E-state index is 0.331. The molecule has 1 aliphatic rings. The number of nitrogens with two attached hydrogens (primary N) is 1. The van der Waals surface area contributed by atoms with Crippen LogP contribution >= 0.6 is 0 Å². The standard InChI is InChI=1S/C11H24N2O/c1-2-11(8-12)13-6-3-4-10(9-13)5-7-14/h10-11,14H,2-9,12H2,1H3. The zero-order valence-electron chi connectivity index (χ0n) is 9.28. The van der Waals surface area contributed by atoms with Crippen LogP contribution in [0.15, 0.2) is 0 Å². The van der Waals surface area contributed by atoms with Gasteiger partial charge in [0.25, 0.3) is 0 Å². The van der Waals surface area contributed by atoms with Gasteiger partial charge in [-0.05, 0) is 38.1 Å². The van der Waals surface area contributed by atoms with Crippen molar-refractivity contribution in [1.29, 1.82) is 0 Å². The van der Waals surface area contributed by atoms with Crippen molar-refractivity contribution in [2.45, 2.75) is 38.6 Å². The highest BCUT2D eigenvalue weighted by molar-refractivity contribution is 4.78. The zero-order valence-corrected chi connectivity index (χ0v) is 9.28. The molecule has 3 heteroatoms. The first kappa shape index (κ1) is 12.0. The molecule has 1 aliphatic heterocycles. The van der Waals surface area contributed by atoms with Crippen LogP contribution < -0.4 is 5.73 Å². The molecule has 0 aromatic rings. The monoisotopic (exact) mass is 200 g/mol. The Morgan fingerprint density at radius 3 is 2.93 bits per heavy atom. The SMILES string of the molecule is CCC(CN)N1CCCC(CCO)C1. The first-order valence-corrected chi connectivity index (χ1v) is 5.86. The molecule has 0 spiro atoms. The second-order valence-electron chi connectivity index (χ2n) is 4.31. The van der Waals surface area contributed by atoms with Gasteiger partial charge < -0.3 is 10.8 Å². The van der Waals surface area contributed by atoms with E-state index in [0.29, 0.717) is 18.6 Å². The van der Waals surface area contributed by atoms with Crippen LogP contribution in [0.4, 0.5) is 0 Å². The number of rotatable bonds is 5. The van der Waals surface area contributed by atoms with Gasteiger partial charge in [0.15, 0.2) is 0 Å². The number of likely N-dealkylation sites (tertiary alicyclic amines) is 1. The average Bonchev–Trinajstić information content (AvgIpc) is 2.21. The summed E-state index contributed by atoms with van der Waals surface area (Å²) in [5.41, 5.74) is 5.74. The lowest BCUT2D eigenvalue weighted by Crippen LogP contribution is -2.46. The van der Waals surface area contributed by atoms with Gasteiger partial charge in [-0.15, -0.1) is 0 Å². The number of hydrogen-bond acceptors (Lipinski definition) is 3. The van der Waals surface area contributed by atoms with Crippen LogP contribution in [0.5, 0.6) is 0 Å². The largest absolute Gasteiger partial charge is 0.396 e. The Labute approximate surface area is 87.3 Å². The van der Waals surface area contributed by atoms with Gasteiger partial charge in [0.1, 0.15) is 0 Å². The Hall–Kier alpha value is -0.120. The second-order valence-corrected chi connectivity index (χ2v) is 4.31. The maximum absolute atomic E-state index is 8.91. The molecule has 2 atom stereocenters. The summed E-state index contributed by atoms with van der Waals surface area (Å²) in [6.45, 7) is 5.63. The molecule has 1 heterocycles. The summed E-state index contributed by atoms with van der Waals surface area (Å²) in [5, 5.41) is 8.91. The maximum Gasteiger partial charge on any atom is 0.0434 e. The molecule has 3 nitrogen and oxygen atoms in total. The van der Waals surface area contributed by atoms with Crippen molar-refractivity contribution in [3.8, 4) is 0 Å². The van der Waals surface area contributed by atoms with Crippen LogP contribution in [0.2, 0.25) is 0 Å². The fourth-order valence-corrected chi connectivity index (χ4v) is 2.42. The predicted molar refractivity (Wildman–Crippen MR) is 59.1 cm³/mol. The van der Waals surface area contributed by atoms with E-state index in [1.807, 2.05) is 0 Å². The van der Waals surface area contributed by atoms with E-state index in [4.69, 9.17) is 10.8 Å². The Morgan fingerprint density at radius 1 is 1.57 bits per heavy atom. The summed E-state index contributed by atoms with van der Waals surface area (Å²) in [6, 6.07) is 0.552. The molecule has 1 fully saturated rings. The van der Waals surface area contributed by atoms with Crippen molar-refractivity contribution in [3.05, 3.63) is 0 Å². The Balaban J connectivity index is 2.38. The lowest BCUT2D eigenvalue weighted by atomic mass is 9.93. The topological polar surface area (TPSA) is 49.5 Å². The molecular formula is C11H24N2O. The van der Waals surface area contributed by atoms with E-state index in [0.717, 1.165) is 25.9 Å². The normalized spacial score (nSPS) is 26.4. The van der Waals surface area contributed by atoms with Crippen molar-refractivity contribution in [3.63, 3.8) is 0 Å². The second kappa shape index (κ2) is 6.38. The highest BCUT2D eigenvalue weighted by Gasteiger charge is 2.23. The van der Waals surface area contributed by atoms with Gasteiger partial charge in [0.05, 0.1) is 0 Å². The highest BCUT2D eigenvalue weighted by atomic mass is 16.3. The van der Waals surface area contributed by atoms with E-state index >= 15 is 0 Å². The van der Waals surface area contributed by atoms with Gasteiger partial charge in [-0.25, -0.2) is 0 Å². The van der Waals surface area contributed by atoms with Gasteiger partial charge in [-0.3, -0.25) is 4.90 Å². The van der Waals surface area contributed by atoms with Crippen LogP contribution in [0.3, 0.4) is 0 Å². The van der Waals surface area contributed by atoms with Crippen LogP contribution in [0, 0.1) is 5.92 Å². The average molecular weight is 200 g/mol. The summed E-state index contributed by atoms with van der Waals surface area (Å²) in [4.78, 5) is 2.50. The lowest BCUT2D eigenvalue weighted by Gasteiger charge is -2.37. The first-order chi connectivity index (χ1) is 6.81. The summed E-state index contributed by atoms with van der Waals surface area (Å²) < 4.78 is 0. The van der Waals surface area contributed by atoms with Crippen LogP contribution in [-0.2, 0) is 0 Å². The van der Waals surface area contributed by atoms with Gasteiger partial charge in [0, 0.05) is 25.7 Å². The van der Waals surface area contributed by atoms with E-state index < -0.39 is 0 Å². The molecule has 1 rings (SSSR count). The van der Waals surface area contributed by atoms with Crippen molar-refractivity contribution in [1.82, 2.24) is 4.90 Å². The van der Waals surface area contributed by atoms with Gasteiger partial charge in [0.2, 0.25) is 0 Å². The van der Waals surface area contributed by atoms with Crippen LogP contribution in [0.25, 0.3) is 0 Å². The van der Waals surface area contributed by atoms with Crippen molar-refractivity contribution >= 4 is 0 Å². The smallest absolute Gasteiger partial charge is 0.0434 e. The van der Waals surface area contributed by atoms with E-state index in [2.05, 4.69) is 11.8 Å². The number of hydrogen-bond donors (Lipinski definition) is 2. The van der Waals surface area contributed by atoms with Gasteiger partial charge in [-0.2, -0.15) is 0 Å². The van der Waals surface area contributed by atoms with Crippen molar-refractivity contribution in [2.24, 2.45) is 11.7 Å². The molecule has 84 valence electrons. The molecule has 1 saturated heterocycles. The van der Waals surface area contributed by atoms with E-state index in [-0.39, 0.29) is 0 Å². The zero-order chi connectivity index (χ0) is 10.4. The van der Waals surface area contributed by atoms with E-state index in [9.17, 15) is 0 Å². The number of aliphatic hydroxyl groups excluding tert-OH is 1. The number of piperidine rings is 1. The molecule has 2 unspecified atom stereocenters. The predicted octanol–water partition coefficient (Wildman–Crippen LogP) is 0.818. The summed E-state index contributed by atoms with van der Waals surface area (Å²) in [7, 11) is 0.